The van der Waals surface area contributed by atoms with Gasteiger partial charge in [-0.05, 0) is 49.2 Å². The van der Waals surface area contributed by atoms with Crippen molar-refractivity contribution in [2.75, 3.05) is 14.1 Å². The Morgan fingerprint density at radius 3 is 2.38 bits per heavy atom. The molecule has 0 unspecified atom stereocenters. The number of benzene rings is 2. The number of fused-ring (bicyclic) bond motifs is 1. The van der Waals surface area contributed by atoms with Gasteiger partial charge in [0.25, 0.3) is 11.5 Å². The molecule has 0 aliphatic heterocycles. The van der Waals surface area contributed by atoms with Crippen molar-refractivity contribution in [3.8, 4) is 5.69 Å². The van der Waals surface area contributed by atoms with Crippen molar-refractivity contribution in [2.24, 2.45) is 0 Å². The summed E-state index contributed by atoms with van der Waals surface area (Å²) in [6.07, 6.45) is 0. The van der Waals surface area contributed by atoms with Gasteiger partial charge < -0.3 is 4.90 Å². The predicted molar refractivity (Wildman–Crippen MR) is 130 cm³/mol. The zero-order valence-corrected chi connectivity index (χ0v) is 19.8. The molecule has 0 bridgehead atoms. The third-order valence-corrected chi connectivity index (χ3v) is 6.88. The maximum absolute atomic E-state index is 13.6. The van der Waals surface area contributed by atoms with Gasteiger partial charge in [0.05, 0.1) is 22.5 Å². The zero-order valence-electron chi connectivity index (χ0n) is 18.2. The van der Waals surface area contributed by atoms with E-state index in [4.69, 9.17) is 11.6 Å². The average Bonchev–Trinajstić information content (AvgIpc) is 3.09. The second-order valence-electron chi connectivity index (χ2n) is 7.91. The van der Waals surface area contributed by atoms with Crippen LogP contribution in [0.25, 0.3) is 15.9 Å². The van der Waals surface area contributed by atoms with E-state index in [1.807, 2.05) is 31.2 Å². The molecular weight excluding hydrogens is 446 g/mol. The average molecular weight is 468 g/mol. The summed E-state index contributed by atoms with van der Waals surface area (Å²) >= 11 is 7.19. The van der Waals surface area contributed by atoms with Gasteiger partial charge in [-0.25, -0.2) is 9.36 Å². The highest BCUT2D eigenvalue weighted by molar-refractivity contribution is 7.20. The van der Waals surface area contributed by atoms with Gasteiger partial charge in [-0.3, -0.25) is 14.2 Å². The second kappa shape index (κ2) is 8.41. The minimum Gasteiger partial charge on any atom is -0.344 e. The molecule has 0 radical (unpaired) electrons. The number of aryl methyl sites for hydroxylation is 2. The summed E-state index contributed by atoms with van der Waals surface area (Å²) in [5.41, 5.74) is 2.10. The van der Waals surface area contributed by atoms with Crippen LogP contribution in [0, 0.1) is 13.8 Å². The first-order chi connectivity index (χ1) is 15.2. The molecular formula is C24H22ClN3O3S. The Labute approximate surface area is 193 Å². The minimum atomic E-state index is -0.462. The Morgan fingerprint density at radius 2 is 1.75 bits per heavy atom. The Kier molecular flexibility index (Phi) is 5.79. The molecule has 0 N–H and O–H groups in total. The lowest BCUT2D eigenvalue weighted by Gasteiger charge is -2.13. The van der Waals surface area contributed by atoms with Crippen LogP contribution in [-0.4, -0.2) is 34.0 Å². The van der Waals surface area contributed by atoms with E-state index in [0.717, 1.165) is 15.7 Å². The number of halogens is 1. The van der Waals surface area contributed by atoms with E-state index >= 15 is 0 Å². The van der Waals surface area contributed by atoms with Crippen LogP contribution in [-0.2, 0) is 6.54 Å². The molecule has 2 aromatic heterocycles. The number of amides is 1. The molecule has 0 aliphatic rings. The first kappa shape index (κ1) is 22.0. The molecule has 164 valence electrons. The van der Waals surface area contributed by atoms with Gasteiger partial charge in [0, 0.05) is 19.1 Å². The van der Waals surface area contributed by atoms with E-state index < -0.39 is 11.2 Å². The Hall–Kier alpha value is -3.16. The Balaban J connectivity index is 2.08. The first-order valence-corrected chi connectivity index (χ1v) is 11.2. The van der Waals surface area contributed by atoms with Crippen molar-refractivity contribution in [3.63, 3.8) is 0 Å². The molecule has 2 heterocycles. The van der Waals surface area contributed by atoms with Gasteiger partial charge in [0.15, 0.2) is 0 Å². The molecule has 2 aromatic carbocycles. The summed E-state index contributed by atoms with van der Waals surface area (Å²) in [5, 5.41) is 0.885. The van der Waals surface area contributed by atoms with E-state index in [1.54, 1.807) is 49.9 Å². The number of aromatic nitrogens is 2. The van der Waals surface area contributed by atoms with Crippen molar-refractivity contribution in [1.29, 1.82) is 0 Å². The number of hydrogen-bond donors (Lipinski definition) is 0. The quantitative estimate of drug-likeness (QED) is 0.451. The van der Waals surface area contributed by atoms with Crippen LogP contribution in [0.4, 0.5) is 0 Å². The number of nitrogens with zero attached hydrogens (tertiary/aromatic N) is 3. The largest absolute Gasteiger partial charge is 0.344 e. The van der Waals surface area contributed by atoms with E-state index in [1.165, 1.54) is 16.2 Å². The highest BCUT2D eigenvalue weighted by atomic mass is 35.5. The highest BCUT2D eigenvalue weighted by Crippen LogP contribution is 2.29. The van der Waals surface area contributed by atoms with Crippen LogP contribution in [0.3, 0.4) is 0 Å². The normalized spacial score (nSPS) is 11.2. The number of thiophene rings is 1. The molecule has 0 aliphatic carbocycles. The Bertz CT molecular complexity index is 1460. The summed E-state index contributed by atoms with van der Waals surface area (Å²) in [6, 6.07) is 14.4. The maximum atomic E-state index is 13.6. The molecule has 0 fully saturated rings. The molecule has 4 rings (SSSR count). The van der Waals surface area contributed by atoms with Crippen molar-refractivity contribution in [2.45, 2.75) is 20.4 Å². The fourth-order valence-electron chi connectivity index (χ4n) is 3.70. The molecule has 8 heteroatoms. The lowest BCUT2D eigenvalue weighted by atomic mass is 10.1. The Morgan fingerprint density at radius 1 is 1.06 bits per heavy atom. The van der Waals surface area contributed by atoms with Gasteiger partial charge in [-0.2, -0.15) is 0 Å². The topological polar surface area (TPSA) is 64.3 Å². The van der Waals surface area contributed by atoms with Gasteiger partial charge in [-0.1, -0.05) is 41.4 Å². The number of carbonyl (C=O) groups excluding carboxylic acids is 1. The standard InChI is InChI=1S/C24H22ClN3O3S/c1-14-6-5-7-16(12-14)13-27-23-19(15(2)20(32-23)22(30)26(3)4)21(29)28(24(27)31)18-10-8-17(25)9-11-18/h5-12H,13H2,1-4H3. The van der Waals surface area contributed by atoms with E-state index in [2.05, 4.69) is 0 Å². The summed E-state index contributed by atoms with van der Waals surface area (Å²) in [5.74, 6) is -0.198. The zero-order chi connectivity index (χ0) is 23.2. The van der Waals surface area contributed by atoms with Crippen LogP contribution >= 0.6 is 22.9 Å². The molecule has 32 heavy (non-hydrogen) atoms. The molecule has 1 amide bonds. The summed E-state index contributed by atoms with van der Waals surface area (Å²) in [6.45, 7) is 4.02. The number of hydrogen-bond acceptors (Lipinski definition) is 4. The third kappa shape index (κ3) is 3.78. The maximum Gasteiger partial charge on any atom is 0.337 e. The molecule has 4 aromatic rings. The molecule has 0 saturated carbocycles. The van der Waals surface area contributed by atoms with E-state index in [0.29, 0.717) is 31.4 Å². The summed E-state index contributed by atoms with van der Waals surface area (Å²) in [4.78, 5) is 42.3. The van der Waals surface area contributed by atoms with Gasteiger partial charge >= 0.3 is 5.69 Å². The highest BCUT2D eigenvalue weighted by Gasteiger charge is 2.24. The van der Waals surface area contributed by atoms with Crippen LogP contribution in [0.15, 0.2) is 58.1 Å². The summed E-state index contributed by atoms with van der Waals surface area (Å²) < 4.78 is 2.72. The molecule has 0 atom stereocenters. The fourth-order valence-corrected chi connectivity index (χ4v) is 5.14. The number of rotatable bonds is 4. The summed E-state index contributed by atoms with van der Waals surface area (Å²) in [7, 11) is 3.33. The minimum absolute atomic E-state index is 0.198. The molecule has 0 spiro atoms. The van der Waals surface area contributed by atoms with Crippen molar-refractivity contribution in [1.82, 2.24) is 14.0 Å². The van der Waals surface area contributed by atoms with Gasteiger partial charge in [0.1, 0.15) is 4.83 Å². The van der Waals surface area contributed by atoms with E-state index in [-0.39, 0.29) is 12.5 Å². The number of carbonyl (C=O) groups is 1. The van der Waals surface area contributed by atoms with Crippen molar-refractivity contribution in [3.05, 3.63) is 96.0 Å². The first-order valence-electron chi connectivity index (χ1n) is 10.0. The van der Waals surface area contributed by atoms with Crippen molar-refractivity contribution >= 4 is 39.1 Å². The van der Waals surface area contributed by atoms with Gasteiger partial charge in [-0.15, -0.1) is 11.3 Å². The SMILES string of the molecule is Cc1cccc(Cn2c(=O)n(-c3ccc(Cl)cc3)c(=O)c3c(C)c(C(=O)N(C)C)sc32)c1. The van der Waals surface area contributed by atoms with Crippen molar-refractivity contribution < 1.29 is 4.79 Å². The van der Waals surface area contributed by atoms with E-state index in [9.17, 15) is 14.4 Å². The monoisotopic (exact) mass is 467 g/mol. The third-order valence-electron chi connectivity index (χ3n) is 5.32. The van der Waals surface area contributed by atoms with Crippen LogP contribution in [0.5, 0.6) is 0 Å². The molecule has 6 nitrogen and oxygen atoms in total. The smallest absolute Gasteiger partial charge is 0.337 e. The van der Waals surface area contributed by atoms with Crippen LogP contribution in [0.1, 0.15) is 26.4 Å². The van der Waals surface area contributed by atoms with Crippen LogP contribution in [0.2, 0.25) is 5.02 Å². The predicted octanol–water partition coefficient (Wildman–Crippen LogP) is 4.23. The van der Waals surface area contributed by atoms with Crippen LogP contribution < -0.4 is 11.2 Å². The molecule has 0 saturated heterocycles. The fraction of sp³-hybridized carbons (Fsp3) is 0.208. The lowest BCUT2D eigenvalue weighted by Crippen LogP contribution is -2.38. The second-order valence-corrected chi connectivity index (χ2v) is 9.35. The lowest BCUT2D eigenvalue weighted by molar-refractivity contribution is 0.0831. The van der Waals surface area contributed by atoms with Gasteiger partial charge in [0.2, 0.25) is 0 Å².